The summed E-state index contributed by atoms with van der Waals surface area (Å²) in [6.07, 6.45) is 6.50. The second-order valence-electron chi connectivity index (χ2n) is 7.05. The quantitative estimate of drug-likeness (QED) is 0.550. The van der Waals surface area contributed by atoms with Gasteiger partial charge in [0.25, 0.3) is 5.91 Å². The van der Waals surface area contributed by atoms with Crippen LogP contribution in [0, 0.1) is 24.3 Å². The molecule has 0 saturated carbocycles. The number of rotatable bonds is 8. The summed E-state index contributed by atoms with van der Waals surface area (Å²) in [5, 5.41) is 20.7. The largest absolute Gasteiger partial charge is 0.494 e. The molecule has 0 aromatic heterocycles. The fraction of sp³-hybridized carbons (Fsp3) is 0.600. The van der Waals surface area contributed by atoms with Crippen LogP contribution in [0.25, 0.3) is 0 Å². The highest BCUT2D eigenvalue weighted by atomic mass is 16.5. The highest BCUT2D eigenvalue weighted by molar-refractivity contribution is 5.95. The molecule has 1 unspecified atom stereocenters. The van der Waals surface area contributed by atoms with Crippen molar-refractivity contribution in [3.8, 4) is 11.9 Å². The highest BCUT2D eigenvalue weighted by Crippen LogP contribution is 2.22. The van der Waals surface area contributed by atoms with Crippen LogP contribution in [0.3, 0.4) is 0 Å². The average Bonchev–Trinajstić information content (AvgIpc) is 2.65. The monoisotopic (exact) mass is 359 g/mol. The molecule has 1 atom stereocenters. The minimum atomic E-state index is -0.266. The van der Waals surface area contributed by atoms with Crippen LogP contribution in [-0.4, -0.2) is 48.3 Å². The molecule has 6 nitrogen and oxygen atoms in total. The summed E-state index contributed by atoms with van der Waals surface area (Å²) in [6, 6.07) is 5.20. The van der Waals surface area contributed by atoms with E-state index < -0.39 is 0 Å². The Balaban J connectivity index is 1.74. The number of nitrogens with one attached hydrogen (secondary N) is 1. The van der Waals surface area contributed by atoms with Crippen molar-refractivity contribution in [3.05, 3.63) is 29.3 Å². The number of piperidine rings is 1. The predicted molar refractivity (Wildman–Crippen MR) is 99.8 cm³/mol. The molecule has 1 fully saturated rings. The van der Waals surface area contributed by atoms with Crippen LogP contribution in [0.15, 0.2) is 18.2 Å². The lowest BCUT2D eigenvalue weighted by Crippen LogP contribution is -2.35. The molecule has 2 rings (SSSR count). The maximum Gasteiger partial charge on any atom is 0.251 e. The molecule has 1 aromatic carbocycles. The number of hydrogen-bond donors (Lipinski definition) is 2. The van der Waals surface area contributed by atoms with Crippen LogP contribution in [0.2, 0.25) is 0 Å². The molecule has 1 saturated heterocycles. The summed E-state index contributed by atoms with van der Waals surface area (Å²) in [7, 11) is 0. The Morgan fingerprint density at radius 3 is 2.81 bits per heavy atom. The highest BCUT2D eigenvalue weighted by Gasteiger charge is 2.17. The van der Waals surface area contributed by atoms with E-state index in [1.165, 1.54) is 0 Å². The van der Waals surface area contributed by atoms with Gasteiger partial charge in [0.15, 0.2) is 6.19 Å². The molecule has 1 amide bonds. The van der Waals surface area contributed by atoms with Gasteiger partial charge in [-0.1, -0.05) is 0 Å². The molecule has 1 heterocycles. The summed E-state index contributed by atoms with van der Waals surface area (Å²) in [4.78, 5) is 14.0. The fourth-order valence-corrected chi connectivity index (χ4v) is 3.21. The number of nitrogens with zero attached hydrogens (tertiary/aromatic N) is 2. The molecule has 0 spiro atoms. The molecule has 6 heteroatoms. The van der Waals surface area contributed by atoms with Crippen molar-refractivity contribution in [2.45, 2.75) is 45.6 Å². The number of aliphatic hydroxyl groups excluding tert-OH is 1. The number of aliphatic hydroxyl groups is 1. The van der Waals surface area contributed by atoms with Gasteiger partial charge in [0.05, 0.1) is 13.2 Å². The van der Waals surface area contributed by atoms with E-state index in [1.54, 1.807) is 13.0 Å². The van der Waals surface area contributed by atoms with E-state index in [1.807, 2.05) is 24.0 Å². The van der Waals surface area contributed by atoms with E-state index in [-0.39, 0.29) is 18.6 Å². The SMILES string of the molecule is Cc1cc(OCCCC2CCN(C#N)CC2)ccc1C(=O)NC(C)CO. The zero-order valence-electron chi connectivity index (χ0n) is 15.7. The van der Waals surface area contributed by atoms with Crippen molar-refractivity contribution < 1.29 is 14.6 Å². The lowest BCUT2D eigenvalue weighted by atomic mass is 9.92. The zero-order valence-corrected chi connectivity index (χ0v) is 15.7. The summed E-state index contributed by atoms with van der Waals surface area (Å²) >= 11 is 0. The van der Waals surface area contributed by atoms with Gasteiger partial charge in [-0.2, -0.15) is 5.26 Å². The van der Waals surface area contributed by atoms with E-state index in [0.29, 0.717) is 18.1 Å². The molecule has 1 aromatic rings. The molecular formula is C20H29N3O3. The van der Waals surface area contributed by atoms with Crippen LogP contribution in [-0.2, 0) is 0 Å². The Morgan fingerprint density at radius 2 is 2.19 bits per heavy atom. The minimum Gasteiger partial charge on any atom is -0.494 e. The molecular weight excluding hydrogens is 330 g/mol. The van der Waals surface area contributed by atoms with Gasteiger partial charge in [-0.3, -0.25) is 4.79 Å². The summed E-state index contributed by atoms with van der Waals surface area (Å²) in [5.74, 6) is 1.28. The van der Waals surface area contributed by atoms with Crippen molar-refractivity contribution in [2.75, 3.05) is 26.3 Å². The van der Waals surface area contributed by atoms with Crippen LogP contribution in [0.1, 0.15) is 48.5 Å². The molecule has 0 bridgehead atoms. The fourth-order valence-electron chi connectivity index (χ4n) is 3.21. The number of benzene rings is 1. The number of ether oxygens (including phenoxy) is 1. The third-order valence-corrected chi connectivity index (χ3v) is 4.88. The molecule has 1 aliphatic rings. The lowest BCUT2D eigenvalue weighted by molar-refractivity contribution is 0.0921. The number of carbonyl (C=O) groups is 1. The van der Waals surface area contributed by atoms with Crippen molar-refractivity contribution in [3.63, 3.8) is 0 Å². The van der Waals surface area contributed by atoms with Crippen molar-refractivity contribution in [2.24, 2.45) is 5.92 Å². The van der Waals surface area contributed by atoms with E-state index in [2.05, 4.69) is 11.5 Å². The minimum absolute atomic E-state index is 0.0818. The first-order chi connectivity index (χ1) is 12.5. The van der Waals surface area contributed by atoms with Crippen molar-refractivity contribution in [1.29, 1.82) is 5.26 Å². The lowest BCUT2D eigenvalue weighted by Gasteiger charge is -2.27. The van der Waals surface area contributed by atoms with Gasteiger partial charge < -0.3 is 20.1 Å². The molecule has 1 aliphatic heterocycles. The van der Waals surface area contributed by atoms with Gasteiger partial charge in [-0.25, -0.2) is 0 Å². The third-order valence-electron chi connectivity index (χ3n) is 4.88. The first-order valence-corrected chi connectivity index (χ1v) is 9.33. The maximum absolute atomic E-state index is 12.1. The van der Waals surface area contributed by atoms with Crippen LogP contribution >= 0.6 is 0 Å². The maximum atomic E-state index is 12.1. The normalized spacial score (nSPS) is 16.0. The number of nitriles is 1. The molecule has 2 N–H and O–H groups in total. The van der Waals surface area contributed by atoms with Crippen molar-refractivity contribution >= 4 is 5.91 Å². The van der Waals surface area contributed by atoms with Crippen molar-refractivity contribution in [1.82, 2.24) is 10.2 Å². The second-order valence-corrected chi connectivity index (χ2v) is 7.05. The number of aryl methyl sites for hydroxylation is 1. The van der Waals surface area contributed by atoms with Crippen LogP contribution in [0.4, 0.5) is 0 Å². The van der Waals surface area contributed by atoms with E-state index in [4.69, 9.17) is 15.1 Å². The van der Waals surface area contributed by atoms with E-state index >= 15 is 0 Å². The van der Waals surface area contributed by atoms with Gasteiger partial charge in [-0.05, 0) is 69.2 Å². The van der Waals surface area contributed by atoms with Gasteiger partial charge in [0.2, 0.25) is 0 Å². The predicted octanol–water partition coefficient (Wildman–Crippen LogP) is 2.46. The van der Waals surface area contributed by atoms with Gasteiger partial charge >= 0.3 is 0 Å². The van der Waals surface area contributed by atoms with E-state index in [9.17, 15) is 4.79 Å². The zero-order chi connectivity index (χ0) is 18.9. The van der Waals surface area contributed by atoms with Gasteiger partial charge in [0.1, 0.15) is 5.75 Å². The molecule has 142 valence electrons. The van der Waals surface area contributed by atoms with Crippen LogP contribution in [0.5, 0.6) is 5.75 Å². The Kier molecular flexibility index (Phi) is 7.73. The number of amides is 1. The first kappa shape index (κ1) is 20.1. The molecule has 0 aliphatic carbocycles. The standard InChI is InChI=1S/C20H29N3O3/c1-15-12-18(5-6-19(15)20(25)22-16(2)13-24)26-11-3-4-17-7-9-23(14-21)10-8-17/h5-6,12,16-17,24H,3-4,7-11,13H2,1-2H3,(H,22,25). The number of hydrogen-bond acceptors (Lipinski definition) is 5. The summed E-state index contributed by atoms with van der Waals surface area (Å²) in [6.45, 7) is 5.97. The second kappa shape index (κ2) is 10.0. The topological polar surface area (TPSA) is 85.6 Å². The van der Waals surface area contributed by atoms with Gasteiger partial charge in [-0.15, -0.1) is 0 Å². The Morgan fingerprint density at radius 1 is 1.46 bits per heavy atom. The van der Waals surface area contributed by atoms with Gasteiger partial charge in [0, 0.05) is 24.7 Å². The van der Waals surface area contributed by atoms with E-state index in [0.717, 1.165) is 50.1 Å². The molecule has 0 radical (unpaired) electrons. The summed E-state index contributed by atoms with van der Waals surface area (Å²) < 4.78 is 5.82. The Hall–Kier alpha value is -2.26. The number of carbonyl (C=O) groups excluding carboxylic acids is 1. The smallest absolute Gasteiger partial charge is 0.251 e. The Labute approximate surface area is 155 Å². The first-order valence-electron chi connectivity index (χ1n) is 9.33. The Bertz CT molecular complexity index is 634. The third kappa shape index (κ3) is 5.92. The molecule has 26 heavy (non-hydrogen) atoms. The van der Waals surface area contributed by atoms with Crippen LogP contribution < -0.4 is 10.1 Å². The average molecular weight is 359 g/mol. The summed E-state index contributed by atoms with van der Waals surface area (Å²) in [5.41, 5.74) is 1.45. The number of likely N-dealkylation sites (tertiary alicyclic amines) is 1.